The van der Waals surface area contributed by atoms with Crippen LogP contribution in [0.3, 0.4) is 0 Å². The highest BCUT2D eigenvalue weighted by atomic mass is 32.2. The number of alkyl halides is 2. The average Bonchev–Trinajstić information content (AvgIpc) is 2.64. The summed E-state index contributed by atoms with van der Waals surface area (Å²) in [5.74, 6) is -0.856. The molecule has 0 saturated heterocycles. The van der Waals surface area contributed by atoms with Gasteiger partial charge in [0.05, 0.1) is 5.69 Å². The minimum absolute atomic E-state index is 0.0331. The van der Waals surface area contributed by atoms with Crippen molar-refractivity contribution in [2.45, 2.75) is 37.1 Å². The molecule has 1 atom stereocenters. The second kappa shape index (κ2) is 7.72. The summed E-state index contributed by atoms with van der Waals surface area (Å²) < 4.78 is 32.2. The Hall–Kier alpha value is -2.35. The molecule has 1 N–H and O–H groups in total. The zero-order chi connectivity index (χ0) is 19.7. The Morgan fingerprint density at radius 2 is 2.15 bits per heavy atom. The highest BCUT2D eigenvalue weighted by Crippen LogP contribution is 2.41. The fraction of sp³-hybridized carbons (Fsp3) is 0.368. The molecule has 0 spiro atoms. The standard InChI is InChI=1S/C19H19F2NO4S/c1-3-11-4-10-5-16(26-9-18(20)21)17(27-2)6-12(10)14-7-15(23)13(19(24)25)8-22(11)14/h5-8,11,18H,3-4,9H2,1-2H3,(H,24,25)/t11-/m0/s1. The van der Waals surface area contributed by atoms with Crippen LogP contribution in [0, 0.1) is 0 Å². The molecule has 2 aromatic rings. The Kier molecular flexibility index (Phi) is 5.55. The van der Waals surface area contributed by atoms with E-state index in [0.717, 1.165) is 17.5 Å². The number of nitrogens with zero attached hydrogens (tertiary/aromatic N) is 1. The van der Waals surface area contributed by atoms with Crippen LogP contribution in [0.5, 0.6) is 5.75 Å². The monoisotopic (exact) mass is 395 g/mol. The van der Waals surface area contributed by atoms with Gasteiger partial charge in [0.1, 0.15) is 17.9 Å². The predicted octanol–water partition coefficient (Wildman–Crippen LogP) is 4.09. The minimum atomic E-state index is -2.56. The maximum absolute atomic E-state index is 12.5. The van der Waals surface area contributed by atoms with Crippen LogP contribution in [-0.4, -0.2) is 34.9 Å². The average molecular weight is 395 g/mol. The Morgan fingerprint density at radius 1 is 1.41 bits per heavy atom. The number of hydrogen-bond acceptors (Lipinski definition) is 4. The summed E-state index contributed by atoms with van der Waals surface area (Å²) >= 11 is 1.36. The van der Waals surface area contributed by atoms with Crippen LogP contribution >= 0.6 is 11.8 Å². The molecule has 0 bridgehead atoms. The molecule has 0 aliphatic carbocycles. The van der Waals surface area contributed by atoms with E-state index in [9.17, 15) is 23.5 Å². The van der Waals surface area contributed by atoms with E-state index in [0.29, 0.717) is 22.8 Å². The summed E-state index contributed by atoms with van der Waals surface area (Å²) in [4.78, 5) is 24.2. The molecule has 8 heteroatoms. The summed E-state index contributed by atoms with van der Waals surface area (Å²) in [5.41, 5.74) is 1.51. The summed E-state index contributed by atoms with van der Waals surface area (Å²) in [6.45, 7) is 1.30. The number of fused-ring (bicyclic) bond motifs is 3. The van der Waals surface area contributed by atoms with Crippen LogP contribution in [0.25, 0.3) is 11.3 Å². The van der Waals surface area contributed by atoms with Gasteiger partial charge in [0.2, 0.25) is 0 Å². The van der Waals surface area contributed by atoms with Crippen molar-refractivity contribution in [1.29, 1.82) is 0 Å². The van der Waals surface area contributed by atoms with Gasteiger partial charge in [-0.3, -0.25) is 4.79 Å². The lowest BCUT2D eigenvalue weighted by Gasteiger charge is -2.31. The lowest BCUT2D eigenvalue weighted by atomic mass is 9.91. The highest BCUT2D eigenvalue weighted by molar-refractivity contribution is 7.98. The number of carbonyl (C=O) groups is 1. The van der Waals surface area contributed by atoms with Gasteiger partial charge in [0, 0.05) is 28.8 Å². The first-order valence-corrected chi connectivity index (χ1v) is 9.69. The quantitative estimate of drug-likeness (QED) is 0.747. The number of hydrogen-bond donors (Lipinski definition) is 1. The molecule has 27 heavy (non-hydrogen) atoms. The van der Waals surface area contributed by atoms with E-state index in [1.807, 2.05) is 23.8 Å². The molecule has 1 aromatic heterocycles. The summed E-state index contributed by atoms with van der Waals surface area (Å²) in [6, 6.07) is 4.88. The molecule has 5 nitrogen and oxygen atoms in total. The first-order chi connectivity index (χ1) is 12.8. The SMILES string of the molecule is CC[C@H]1Cc2cc(OCC(F)F)c(SC)cc2-c2cc(=O)c(C(=O)O)cn21. The molecule has 0 fully saturated rings. The molecule has 0 saturated carbocycles. The maximum Gasteiger partial charge on any atom is 0.341 e. The van der Waals surface area contributed by atoms with Crippen molar-refractivity contribution in [3.05, 3.63) is 45.7 Å². The molecule has 3 rings (SSSR count). The van der Waals surface area contributed by atoms with E-state index in [-0.39, 0.29) is 11.6 Å². The van der Waals surface area contributed by atoms with E-state index in [1.54, 1.807) is 6.07 Å². The summed E-state index contributed by atoms with van der Waals surface area (Å²) in [5, 5.41) is 9.25. The van der Waals surface area contributed by atoms with Crippen molar-refractivity contribution in [3.63, 3.8) is 0 Å². The number of carboxylic acids is 1. The Balaban J connectivity index is 2.17. The summed E-state index contributed by atoms with van der Waals surface area (Å²) in [7, 11) is 0. The van der Waals surface area contributed by atoms with Crippen LogP contribution in [0.4, 0.5) is 8.78 Å². The van der Waals surface area contributed by atoms with E-state index in [1.165, 1.54) is 24.0 Å². The molecule has 1 aromatic carbocycles. The molecule has 144 valence electrons. The smallest absolute Gasteiger partial charge is 0.341 e. The number of halogens is 2. The third kappa shape index (κ3) is 3.71. The van der Waals surface area contributed by atoms with Crippen molar-refractivity contribution in [1.82, 2.24) is 4.57 Å². The molecular weight excluding hydrogens is 376 g/mol. The molecule has 1 aliphatic rings. The van der Waals surface area contributed by atoms with Gasteiger partial charge in [-0.1, -0.05) is 6.92 Å². The second-order valence-electron chi connectivity index (χ2n) is 6.28. The molecular formula is C19H19F2NO4S. The Labute approximate surface area is 159 Å². The van der Waals surface area contributed by atoms with E-state index < -0.39 is 24.4 Å². The van der Waals surface area contributed by atoms with Crippen LogP contribution < -0.4 is 10.2 Å². The summed E-state index contributed by atoms with van der Waals surface area (Å²) in [6.07, 6.45) is 1.98. The van der Waals surface area contributed by atoms with E-state index in [2.05, 4.69) is 0 Å². The molecule has 0 radical (unpaired) electrons. The normalized spacial score (nSPS) is 15.4. The number of aromatic carboxylic acids is 1. The van der Waals surface area contributed by atoms with Gasteiger partial charge >= 0.3 is 5.97 Å². The lowest BCUT2D eigenvalue weighted by molar-refractivity contribution is 0.0694. The van der Waals surface area contributed by atoms with Gasteiger partial charge in [-0.15, -0.1) is 11.8 Å². The van der Waals surface area contributed by atoms with Gasteiger partial charge in [-0.05, 0) is 36.8 Å². The fourth-order valence-corrected chi connectivity index (χ4v) is 3.91. The molecule has 0 amide bonds. The largest absolute Gasteiger partial charge is 0.486 e. The van der Waals surface area contributed by atoms with Gasteiger partial charge in [0.15, 0.2) is 5.43 Å². The maximum atomic E-state index is 12.5. The number of pyridine rings is 1. The van der Waals surface area contributed by atoms with Gasteiger partial charge < -0.3 is 14.4 Å². The van der Waals surface area contributed by atoms with Crippen LogP contribution in [0.1, 0.15) is 35.3 Å². The van der Waals surface area contributed by atoms with Crippen LogP contribution in [-0.2, 0) is 6.42 Å². The zero-order valence-electron chi connectivity index (χ0n) is 14.9. The van der Waals surface area contributed by atoms with E-state index >= 15 is 0 Å². The first kappa shape index (κ1) is 19.4. The predicted molar refractivity (Wildman–Crippen MR) is 99.4 cm³/mol. The zero-order valence-corrected chi connectivity index (χ0v) is 15.7. The van der Waals surface area contributed by atoms with Crippen molar-refractivity contribution in [2.24, 2.45) is 0 Å². The van der Waals surface area contributed by atoms with Crippen molar-refractivity contribution in [2.75, 3.05) is 12.9 Å². The molecule has 1 aliphatic heterocycles. The highest BCUT2D eigenvalue weighted by Gasteiger charge is 2.26. The van der Waals surface area contributed by atoms with Gasteiger partial charge in [-0.2, -0.15) is 0 Å². The number of carboxylic acid groups (broad SMARTS) is 1. The van der Waals surface area contributed by atoms with Crippen molar-refractivity contribution < 1.29 is 23.4 Å². The lowest BCUT2D eigenvalue weighted by Crippen LogP contribution is -2.25. The number of benzene rings is 1. The topological polar surface area (TPSA) is 68.5 Å². The third-order valence-corrected chi connectivity index (χ3v) is 5.42. The van der Waals surface area contributed by atoms with Crippen LogP contribution in [0.15, 0.2) is 34.1 Å². The van der Waals surface area contributed by atoms with E-state index in [4.69, 9.17) is 4.74 Å². The van der Waals surface area contributed by atoms with Gasteiger partial charge in [0.25, 0.3) is 6.43 Å². The Bertz CT molecular complexity index is 942. The number of rotatable bonds is 6. The fourth-order valence-electron chi connectivity index (χ4n) is 3.36. The molecule has 0 unspecified atom stereocenters. The molecule has 2 heterocycles. The van der Waals surface area contributed by atoms with Crippen LogP contribution in [0.2, 0.25) is 0 Å². The second-order valence-corrected chi connectivity index (χ2v) is 7.13. The Morgan fingerprint density at radius 3 is 2.74 bits per heavy atom. The number of ether oxygens (including phenoxy) is 1. The van der Waals surface area contributed by atoms with Crippen molar-refractivity contribution >= 4 is 17.7 Å². The van der Waals surface area contributed by atoms with Crippen molar-refractivity contribution in [3.8, 4) is 17.0 Å². The first-order valence-electron chi connectivity index (χ1n) is 8.47. The number of thioether (sulfide) groups is 1. The number of aromatic nitrogens is 1. The third-order valence-electron chi connectivity index (χ3n) is 4.66. The minimum Gasteiger partial charge on any atom is -0.486 e. The van der Waals surface area contributed by atoms with Gasteiger partial charge in [-0.25, -0.2) is 13.6 Å².